The summed E-state index contributed by atoms with van der Waals surface area (Å²) in [5.41, 5.74) is 7.91. The van der Waals surface area contributed by atoms with Gasteiger partial charge < -0.3 is 0 Å². The summed E-state index contributed by atoms with van der Waals surface area (Å²) in [6.07, 6.45) is 3.02. The van der Waals surface area contributed by atoms with Gasteiger partial charge in [-0.2, -0.15) is 5.10 Å². The van der Waals surface area contributed by atoms with E-state index in [1.165, 1.54) is 6.33 Å². The van der Waals surface area contributed by atoms with Crippen molar-refractivity contribution in [2.75, 3.05) is 6.54 Å². The van der Waals surface area contributed by atoms with E-state index in [9.17, 15) is 0 Å². The second kappa shape index (κ2) is 3.47. The molecule has 0 aliphatic carbocycles. The highest BCUT2D eigenvalue weighted by atomic mass is 15.3. The largest absolute Gasteiger partial charge is 0.253 e. The van der Waals surface area contributed by atoms with Crippen molar-refractivity contribution in [3.05, 3.63) is 23.1 Å². The summed E-state index contributed by atoms with van der Waals surface area (Å²) >= 11 is 0. The predicted octanol–water partition coefficient (Wildman–Crippen LogP) is 0.588. The van der Waals surface area contributed by atoms with Crippen LogP contribution >= 0.6 is 0 Å². The molecule has 0 amide bonds. The van der Waals surface area contributed by atoms with Gasteiger partial charge in [0, 0.05) is 18.0 Å². The molecule has 0 aromatic carbocycles. The van der Waals surface area contributed by atoms with E-state index in [4.69, 9.17) is 5.53 Å². The molecule has 0 unspecified atom stereocenters. The molecule has 0 spiro atoms. The molecule has 6 heteroatoms. The van der Waals surface area contributed by atoms with Gasteiger partial charge in [0.1, 0.15) is 12.7 Å². The Morgan fingerprint density at radius 2 is 2.60 bits per heavy atom. The minimum absolute atomic E-state index is 0.417. The normalized spacial score (nSPS) is 8.80. The van der Waals surface area contributed by atoms with Crippen LogP contribution in [0.1, 0.15) is 0 Å². The lowest BCUT2D eigenvalue weighted by Crippen LogP contribution is -2.00. The van der Waals surface area contributed by atoms with Gasteiger partial charge in [0.15, 0.2) is 0 Å². The molecule has 0 radical (unpaired) electrons. The van der Waals surface area contributed by atoms with Gasteiger partial charge in [-0.05, 0) is 5.53 Å². The molecule has 0 aliphatic heterocycles. The molecule has 0 bridgehead atoms. The van der Waals surface area contributed by atoms with Crippen molar-refractivity contribution in [3.8, 4) is 0 Å². The Kier molecular flexibility index (Phi) is 2.28. The lowest BCUT2D eigenvalue weighted by Gasteiger charge is -1.91. The Morgan fingerprint density at radius 1 is 1.70 bits per heavy atom. The van der Waals surface area contributed by atoms with Crippen molar-refractivity contribution in [3.63, 3.8) is 0 Å². The highest BCUT2D eigenvalue weighted by molar-refractivity contribution is 4.56. The van der Waals surface area contributed by atoms with E-state index >= 15 is 0 Å². The summed E-state index contributed by atoms with van der Waals surface area (Å²) in [4.78, 5) is 6.32. The number of hydrogen-bond acceptors (Lipinski definition) is 3. The minimum atomic E-state index is 0.417. The van der Waals surface area contributed by atoms with Gasteiger partial charge in [0.05, 0.1) is 0 Å². The van der Waals surface area contributed by atoms with E-state index < -0.39 is 0 Å². The van der Waals surface area contributed by atoms with Crippen LogP contribution in [0.2, 0.25) is 0 Å². The fourth-order valence-corrected chi connectivity index (χ4v) is 0.540. The van der Waals surface area contributed by atoms with Crippen LogP contribution in [0.4, 0.5) is 0 Å². The monoisotopic (exact) mass is 138 g/mol. The van der Waals surface area contributed by atoms with Gasteiger partial charge in [-0.25, -0.2) is 4.98 Å². The Morgan fingerprint density at radius 3 is 3.20 bits per heavy atom. The molecule has 0 N–H and O–H groups in total. The standard InChI is InChI=1S/C4H6N6/c5-9-7-1-2-10-4-6-3-8-10/h3-4H,1-2H2. The summed E-state index contributed by atoms with van der Waals surface area (Å²) in [5.74, 6) is 0. The van der Waals surface area contributed by atoms with E-state index in [0.717, 1.165) is 0 Å². The average molecular weight is 138 g/mol. The van der Waals surface area contributed by atoms with Crippen LogP contribution in [0.5, 0.6) is 0 Å². The third-order valence-electron chi connectivity index (χ3n) is 0.959. The minimum Gasteiger partial charge on any atom is -0.253 e. The summed E-state index contributed by atoms with van der Waals surface area (Å²) in [6.45, 7) is 1.00. The summed E-state index contributed by atoms with van der Waals surface area (Å²) in [7, 11) is 0. The van der Waals surface area contributed by atoms with Crippen molar-refractivity contribution >= 4 is 0 Å². The van der Waals surface area contributed by atoms with Crippen LogP contribution in [0.15, 0.2) is 17.8 Å². The van der Waals surface area contributed by atoms with Gasteiger partial charge in [0.2, 0.25) is 0 Å². The van der Waals surface area contributed by atoms with Crippen LogP contribution in [0, 0.1) is 0 Å². The Labute approximate surface area is 57.1 Å². The fourth-order valence-electron chi connectivity index (χ4n) is 0.540. The SMILES string of the molecule is [N-]=[N+]=NCCn1cncn1. The second-order valence-corrected chi connectivity index (χ2v) is 1.61. The first-order valence-corrected chi connectivity index (χ1v) is 2.77. The third kappa shape index (κ3) is 1.75. The number of rotatable bonds is 3. The fraction of sp³-hybridized carbons (Fsp3) is 0.500. The zero-order valence-corrected chi connectivity index (χ0v) is 5.25. The van der Waals surface area contributed by atoms with Crippen LogP contribution in [0.3, 0.4) is 0 Å². The highest BCUT2D eigenvalue weighted by Gasteiger charge is 1.86. The predicted molar refractivity (Wildman–Crippen MR) is 34.0 cm³/mol. The summed E-state index contributed by atoms with van der Waals surface area (Å²) in [6, 6.07) is 0. The zero-order chi connectivity index (χ0) is 7.23. The smallest absolute Gasteiger partial charge is 0.137 e. The van der Waals surface area contributed by atoms with Gasteiger partial charge in [-0.3, -0.25) is 4.68 Å². The number of azide groups is 1. The quantitative estimate of drug-likeness (QED) is 0.348. The second-order valence-electron chi connectivity index (χ2n) is 1.61. The molecule has 0 saturated carbocycles. The van der Waals surface area contributed by atoms with E-state index in [2.05, 4.69) is 20.1 Å². The molecule has 1 heterocycles. The van der Waals surface area contributed by atoms with Crippen molar-refractivity contribution in [2.45, 2.75) is 6.54 Å². The molecule has 10 heavy (non-hydrogen) atoms. The Bertz CT molecular complexity index is 220. The molecular formula is C4H6N6. The number of hydrogen-bond donors (Lipinski definition) is 0. The maximum Gasteiger partial charge on any atom is 0.137 e. The van der Waals surface area contributed by atoms with Crippen LogP contribution < -0.4 is 0 Å². The van der Waals surface area contributed by atoms with Crippen molar-refractivity contribution < 1.29 is 0 Å². The Balaban J connectivity index is 2.34. The van der Waals surface area contributed by atoms with E-state index in [1.54, 1.807) is 11.0 Å². The molecule has 6 nitrogen and oxygen atoms in total. The van der Waals surface area contributed by atoms with E-state index in [0.29, 0.717) is 13.1 Å². The molecule has 0 aliphatic rings. The van der Waals surface area contributed by atoms with E-state index in [-0.39, 0.29) is 0 Å². The third-order valence-corrected chi connectivity index (χ3v) is 0.959. The summed E-state index contributed by atoms with van der Waals surface area (Å²) < 4.78 is 1.61. The molecule has 0 fully saturated rings. The molecule has 1 aromatic rings. The van der Waals surface area contributed by atoms with Gasteiger partial charge in [-0.15, -0.1) is 0 Å². The van der Waals surface area contributed by atoms with Crippen molar-refractivity contribution in [2.24, 2.45) is 5.11 Å². The lowest BCUT2D eigenvalue weighted by molar-refractivity contribution is 0.622. The molecule has 1 rings (SSSR count). The summed E-state index contributed by atoms with van der Waals surface area (Å²) in [5, 5.41) is 7.15. The van der Waals surface area contributed by atoms with Crippen molar-refractivity contribution in [1.82, 2.24) is 14.8 Å². The number of nitrogens with zero attached hydrogens (tertiary/aromatic N) is 6. The van der Waals surface area contributed by atoms with Gasteiger partial charge >= 0.3 is 0 Å². The number of aromatic nitrogens is 3. The molecular weight excluding hydrogens is 132 g/mol. The topological polar surface area (TPSA) is 79.5 Å². The first-order chi connectivity index (χ1) is 4.93. The maximum atomic E-state index is 7.91. The maximum absolute atomic E-state index is 7.91. The van der Waals surface area contributed by atoms with Crippen molar-refractivity contribution in [1.29, 1.82) is 0 Å². The first kappa shape index (κ1) is 6.57. The average Bonchev–Trinajstić information content (AvgIpc) is 2.41. The van der Waals surface area contributed by atoms with E-state index in [1.807, 2.05) is 0 Å². The zero-order valence-electron chi connectivity index (χ0n) is 5.25. The lowest BCUT2D eigenvalue weighted by atomic mass is 10.7. The van der Waals surface area contributed by atoms with Crippen LogP contribution in [0.25, 0.3) is 10.4 Å². The molecule has 52 valence electrons. The molecule has 1 aromatic heterocycles. The molecule has 0 atom stereocenters. The molecule has 0 saturated heterocycles. The van der Waals surface area contributed by atoms with Crippen LogP contribution in [-0.4, -0.2) is 21.3 Å². The highest BCUT2D eigenvalue weighted by Crippen LogP contribution is 1.80. The van der Waals surface area contributed by atoms with Gasteiger partial charge in [-0.1, -0.05) is 5.11 Å². The van der Waals surface area contributed by atoms with Crippen LogP contribution in [-0.2, 0) is 6.54 Å². The Hall–Kier alpha value is -1.55. The van der Waals surface area contributed by atoms with Gasteiger partial charge in [0.25, 0.3) is 0 Å². The first-order valence-electron chi connectivity index (χ1n) is 2.77.